The molecule has 1 aromatic carbocycles. The maximum atomic E-state index is 14.0. The molecule has 5 rings (SSSR count). The summed E-state index contributed by atoms with van der Waals surface area (Å²) in [4.78, 5) is 54.4. The molecule has 2 bridgehead atoms. The van der Waals surface area contributed by atoms with Gasteiger partial charge in [-0.15, -0.1) is 0 Å². The Hall–Kier alpha value is -3.03. The summed E-state index contributed by atoms with van der Waals surface area (Å²) in [5.74, 6) is 0.258. The van der Waals surface area contributed by atoms with Crippen LogP contribution in [0.1, 0.15) is 101 Å². The average molecular weight is 549 g/mol. The number of ketones is 2. The van der Waals surface area contributed by atoms with E-state index in [1.54, 1.807) is 9.58 Å². The van der Waals surface area contributed by atoms with Crippen molar-refractivity contribution in [2.75, 3.05) is 6.54 Å². The van der Waals surface area contributed by atoms with Gasteiger partial charge in [0.2, 0.25) is 11.8 Å². The first-order chi connectivity index (χ1) is 19.0. The van der Waals surface area contributed by atoms with E-state index in [0.29, 0.717) is 31.0 Å². The second-order valence-electron chi connectivity index (χ2n) is 13.0. The maximum Gasteiger partial charge on any atom is 0.245 e. The highest BCUT2D eigenvalue weighted by molar-refractivity contribution is 6.06. The van der Waals surface area contributed by atoms with E-state index >= 15 is 0 Å². The number of amides is 2. The summed E-state index contributed by atoms with van der Waals surface area (Å²) in [5.41, 5.74) is 3.32. The molecule has 4 atom stereocenters. The lowest BCUT2D eigenvalue weighted by Crippen LogP contribution is -2.44. The Morgan fingerprint density at radius 1 is 1.15 bits per heavy atom. The first kappa shape index (κ1) is 28.5. The molecule has 3 heterocycles. The van der Waals surface area contributed by atoms with E-state index in [1.165, 1.54) is 12.5 Å². The molecule has 1 N–H and O–H groups in total. The van der Waals surface area contributed by atoms with E-state index in [9.17, 15) is 19.2 Å². The van der Waals surface area contributed by atoms with Crippen LogP contribution in [-0.4, -0.2) is 56.7 Å². The summed E-state index contributed by atoms with van der Waals surface area (Å²) in [7, 11) is 0. The zero-order valence-corrected chi connectivity index (χ0v) is 24.7. The molecule has 1 saturated carbocycles. The Bertz CT molecular complexity index is 1340. The molecule has 216 valence electrons. The van der Waals surface area contributed by atoms with Gasteiger partial charge in [0.1, 0.15) is 12.2 Å². The molecule has 2 amide bonds. The fourth-order valence-corrected chi connectivity index (χ4v) is 7.10. The smallest absolute Gasteiger partial charge is 0.245 e. The molecule has 0 spiro atoms. The first-order valence-electron chi connectivity index (χ1n) is 15.2. The van der Waals surface area contributed by atoms with Crippen molar-refractivity contribution in [1.82, 2.24) is 20.0 Å². The van der Waals surface area contributed by atoms with Crippen LogP contribution >= 0.6 is 0 Å². The van der Waals surface area contributed by atoms with Gasteiger partial charge < -0.3 is 10.2 Å². The van der Waals surface area contributed by atoms with Crippen molar-refractivity contribution in [3.63, 3.8) is 0 Å². The molecular formula is C32H44N4O4. The summed E-state index contributed by atoms with van der Waals surface area (Å²) >= 11 is 0. The minimum absolute atomic E-state index is 0.0101. The molecule has 40 heavy (non-hydrogen) atoms. The Morgan fingerprint density at radius 3 is 2.62 bits per heavy atom. The van der Waals surface area contributed by atoms with Crippen LogP contribution in [0.2, 0.25) is 0 Å². The Balaban J connectivity index is 1.58. The van der Waals surface area contributed by atoms with Crippen LogP contribution in [0.15, 0.2) is 12.1 Å². The minimum atomic E-state index is -0.476. The van der Waals surface area contributed by atoms with Crippen molar-refractivity contribution in [3.8, 4) is 0 Å². The highest BCUT2D eigenvalue weighted by atomic mass is 16.2. The Labute approximate surface area is 237 Å². The lowest BCUT2D eigenvalue weighted by Gasteiger charge is -2.26. The normalized spacial score (nSPS) is 27.4. The third-order valence-electron chi connectivity index (χ3n) is 9.32. The summed E-state index contributed by atoms with van der Waals surface area (Å²) in [6, 6.07) is 3.77. The van der Waals surface area contributed by atoms with E-state index in [1.807, 2.05) is 13.8 Å². The fraction of sp³-hybridized carbons (Fsp3) is 0.656. The van der Waals surface area contributed by atoms with Crippen LogP contribution in [0.4, 0.5) is 0 Å². The summed E-state index contributed by atoms with van der Waals surface area (Å²) in [6.45, 7) is 10.2. The molecule has 2 aromatic rings. The standard InChI is InChI=1S/C32H44N4O4/c1-6-26(38)25-15-32-16-27(32)36(25)28(39)17-35-30-23(11-9-7-8-10-20(4)31(40)33-18-32)13-22(12-19(2)3)14-24(30)29(34-35)21(5)37/h13-14,19-20,25,27H,6-12,15-18H2,1-5H3,(H,33,40)/t20-,25+,27-,32+/m1/s1. The molecule has 1 aromatic heterocycles. The van der Waals surface area contributed by atoms with Crippen LogP contribution in [0.25, 0.3) is 10.9 Å². The number of nitrogens with one attached hydrogen (secondary N) is 1. The maximum absolute atomic E-state index is 14.0. The number of carbonyl (C=O) groups is 4. The van der Waals surface area contributed by atoms with E-state index in [0.717, 1.165) is 61.4 Å². The molecule has 2 fully saturated rings. The SMILES string of the molecule is CCC(=O)[C@@H]1C[C@]23CNC(=O)[C@H](C)CCCCCc4cc(CC(C)C)cc5c(C(C)=O)nn(c45)CC(=O)N1[C@@H]2C3. The van der Waals surface area contributed by atoms with Crippen LogP contribution in [0.5, 0.6) is 0 Å². The lowest BCUT2D eigenvalue weighted by atomic mass is 9.94. The molecule has 1 saturated heterocycles. The van der Waals surface area contributed by atoms with Gasteiger partial charge >= 0.3 is 0 Å². The van der Waals surface area contributed by atoms with Crippen LogP contribution < -0.4 is 5.32 Å². The number of benzene rings is 1. The van der Waals surface area contributed by atoms with Crippen molar-refractivity contribution in [2.24, 2.45) is 17.3 Å². The van der Waals surface area contributed by atoms with Gasteiger partial charge in [-0.25, -0.2) is 0 Å². The average Bonchev–Trinajstić information content (AvgIpc) is 3.31. The molecule has 0 unspecified atom stereocenters. The van der Waals surface area contributed by atoms with Crippen molar-refractivity contribution in [1.29, 1.82) is 0 Å². The van der Waals surface area contributed by atoms with Gasteiger partial charge in [-0.2, -0.15) is 5.10 Å². The van der Waals surface area contributed by atoms with Gasteiger partial charge in [0.25, 0.3) is 0 Å². The third kappa shape index (κ3) is 5.34. The van der Waals surface area contributed by atoms with Crippen molar-refractivity contribution in [3.05, 3.63) is 29.0 Å². The van der Waals surface area contributed by atoms with E-state index in [-0.39, 0.29) is 47.3 Å². The number of aromatic nitrogens is 2. The summed E-state index contributed by atoms with van der Waals surface area (Å²) in [6.07, 6.45) is 7.21. The Kier molecular flexibility index (Phi) is 7.90. The highest BCUT2D eigenvalue weighted by Crippen LogP contribution is 2.59. The molecule has 0 radical (unpaired) electrons. The van der Waals surface area contributed by atoms with Crippen molar-refractivity contribution < 1.29 is 19.2 Å². The number of aryl methyl sites for hydroxylation is 1. The number of hydrogen-bond donors (Lipinski definition) is 1. The predicted octanol–water partition coefficient (Wildman–Crippen LogP) is 4.64. The van der Waals surface area contributed by atoms with Gasteiger partial charge in [-0.05, 0) is 61.6 Å². The monoisotopic (exact) mass is 548 g/mol. The molecular weight excluding hydrogens is 504 g/mol. The van der Waals surface area contributed by atoms with Crippen LogP contribution in [-0.2, 0) is 33.8 Å². The highest BCUT2D eigenvalue weighted by Gasteiger charge is 2.66. The third-order valence-corrected chi connectivity index (χ3v) is 9.32. The van der Waals surface area contributed by atoms with E-state index in [4.69, 9.17) is 5.10 Å². The van der Waals surface area contributed by atoms with Gasteiger partial charge in [0.15, 0.2) is 11.6 Å². The van der Waals surface area contributed by atoms with Crippen molar-refractivity contribution >= 4 is 34.3 Å². The number of piperidine rings is 1. The number of nitrogens with zero attached hydrogens (tertiary/aromatic N) is 3. The van der Waals surface area contributed by atoms with Gasteiger partial charge in [-0.3, -0.25) is 23.9 Å². The van der Waals surface area contributed by atoms with Crippen molar-refractivity contribution in [2.45, 2.75) is 111 Å². The zero-order chi connectivity index (χ0) is 28.8. The van der Waals surface area contributed by atoms with Gasteiger partial charge in [0.05, 0.1) is 11.6 Å². The molecule has 3 aliphatic rings. The summed E-state index contributed by atoms with van der Waals surface area (Å²) < 4.78 is 1.72. The number of hydrogen-bond acceptors (Lipinski definition) is 5. The van der Waals surface area contributed by atoms with E-state index < -0.39 is 6.04 Å². The number of rotatable bonds is 5. The van der Waals surface area contributed by atoms with Gasteiger partial charge in [-0.1, -0.05) is 46.6 Å². The predicted molar refractivity (Wildman–Crippen MR) is 154 cm³/mol. The number of Topliss-reactive ketones (excluding diaryl/α,β-unsaturated/α-hetero) is 2. The molecule has 8 heteroatoms. The molecule has 8 nitrogen and oxygen atoms in total. The first-order valence-corrected chi connectivity index (χ1v) is 15.2. The van der Waals surface area contributed by atoms with E-state index in [2.05, 4.69) is 31.3 Å². The quantitative estimate of drug-likeness (QED) is 0.549. The summed E-state index contributed by atoms with van der Waals surface area (Å²) in [5, 5.41) is 8.69. The largest absolute Gasteiger partial charge is 0.355 e. The van der Waals surface area contributed by atoms with Gasteiger partial charge in [0, 0.05) is 42.7 Å². The second-order valence-corrected chi connectivity index (χ2v) is 13.0. The molecule has 1 aliphatic carbocycles. The number of carbonyl (C=O) groups excluding carboxylic acids is 4. The Morgan fingerprint density at radius 2 is 1.93 bits per heavy atom. The van der Waals surface area contributed by atoms with Crippen LogP contribution in [0, 0.1) is 17.3 Å². The molecule has 2 aliphatic heterocycles. The topological polar surface area (TPSA) is 101 Å². The van der Waals surface area contributed by atoms with Crippen LogP contribution in [0.3, 0.4) is 0 Å². The minimum Gasteiger partial charge on any atom is -0.355 e. The zero-order valence-electron chi connectivity index (χ0n) is 24.7. The fourth-order valence-electron chi connectivity index (χ4n) is 7.10. The second kappa shape index (κ2) is 11.1. The lowest BCUT2D eigenvalue weighted by molar-refractivity contribution is -0.139.